The van der Waals surface area contributed by atoms with E-state index in [0.29, 0.717) is 5.82 Å². The number of nitriles is 1. The van der Waals surface area contributed by atoms with E-state index in [9.17, 15) is 4.91 Å². The average Bonchev–Trinajstić information content (AvgIpc) is 2.60. The highest BCUT2D eigenvalue weighted by atomic mass is 16.3. The van der Waals surface area contributed by atoms with E-state index in [-0.39, 0.29) is 0 Å². The zero-order valence-corrected chi connectivity index (χ0v) is 8.08. The van der Waals surface area contributed by atoms with E-state index in [4.69, 9.17) is 5.26 Å². The molecule has 5 heteroatoms. The molecule has 0 aliphatic carbocycles. The van der Waals surface area contributed by atoms with Crippen LogP contribution in [0.3, 0.4) is 0 Å². The minimum absolute atomic E-state index is 0.383. The fraction of sp³-hybridized carbons (Fsp3) is 0.200. The standard InChI is InChI=1S/C10H8N4O/c1-14-9-5-3-2-4-7(9)12-10(14)8(6-11)13-15/h2-5,8H,1H3. The number of aromatic nitrogens is 2. The number of rotatable bonds is 2. The Hall–Kier alpha value is -2.22. The number of hydrogen-bond acceptors (Lipinski definition) is 4. The second kappa shape index (κ2) is 3.50. The fourth-order valence-electron chi connectivity index (χ4n) is 1.54. The molecule has 1 heterocycles. The number of nitroso groups, excluding NO2 is 1. The van der Waals surface area contributed by atoms with Crippen molar-refractivity contribution in [1.29, 1.82) is 5.26 Å². The number of para-hydroxylation sites is 2. The molecule has 1 aromatic heterocycles. The number of benzene rings is 1. The van der Waals surface area contributed by atoms with E-state index in [1.807, 2.05) is 30.3 Å². The Labute approximate surface area is 85.9 Å². The van der Waals surface area contributed by atoms with Gasteiger partial charge in [0.25, 0.3) is 0 Å². The highest BCUT2D eigenvalue weighted by molar-refractivity contribution is 5.75. The summed E-state index contributed by atoms with van der Waals surface area (Å²) >= 11 is 0. The lowest BCUT2D eigenvalue weighted by molar-refractivity contribution is 0.753. The van der Waals surface area contributed by atoms with E-state index in [1.165, 1.54) is 0 Å². The molecule has 0 amide bonds. The Balaban J connectivity index is 2.68. The number of nitrogens with zero attached hydrogens (tertiary/aromatic N) is 4. The molecule has 1 unspecified atom stereocenters. The molecule has 0 saturated carbocycles. The van der Waals surface area contributed by atoms with Crippen molar-refractivity contribution in [3.8, 4) is 6.07 Å². The van der Waals surface area contributed by atoms with Gasteiger partial charge in [-0.2, -0.15) is 5.26 Å². The quantitative estimate of drug-likeness (QED) is 0.695. The van der Waals surface area contributed by atoms with Gasteiger partial charge in [-0.25, -0.2) is 4.98 Å². The van der Waals surface area contributed by atoms with E-state index in [2.05, 4.69) is 10.2 Å². The molecule has 0 fully saturated rings. The van der Waals surface area contributed by atoms with Gasteiger partial charge in [-0.3, -0.25) is 0 Å². The summed E-state index contributed by atoms with van der Waals surface area (Å²) in [7, 11) is 1.76. The first kappa shape index (κ1) is 9.34. The van der Waals surface area contributed by atoms with Crippen LogP contribution in [0.15, 0.2) is 29.4 Å². The molecule has 0 radical (unpaired) electrons. The fourth-order valence-corrected chi connectivity index (χ4v) is 1.54. The maximum atomic E-state index is 10.4. The second-order valence-electron chi connectivity index (χ2n) is 3.15. The first-order chi connectivity index (χ1) is 7.27. The summed E-state index contributed by atoms with van der Waals surface area (Å²) in [6.07, 6.45) is 0. The lowest BCUT2D eigenvalue weighted by atomic mass is 10.3. The van der Waals surface area contributed by atoms with E-state index in [0.717, 1.165) is 11.0 Å². The summed E-state index contributed by atoms with van der Waals surface area (Å²) in [4.78, 5) is 14.6. The van der Waals surface area contributed by atoms with Crippen molar-refractivity contribution in [2.45, 2.75) is 6.04 Å². The Bertz CT molecular complexity index is 552. The van der Waals surface area contributed by atoms with Gasteiger partial charge < -0.3 is 4.57 Å². The van der Waals surface area contributed by atoms with Gasteiger partial charge in [-0.1, -0.05) is 12.1 Å². The van der Waals surface area contributed by atoms with Crippen LogP contribution in [-0.4, -0.2) is 9.55 Å². The van der Waals surface area contributed by atoms with Gasteiger partial charge in [-0.05, 0) is 17.3 Å². The molecule has 1 atom stereocenters. The average molecular weight is 200 g/mol. The van der Waals surface area contributed by atoms with Gasteiger partial charge in [0.2, 0.25) is 6.04 Å². The van der Waals surface area contributed by atoms with E-state index < -0.39 is 6.04 Å². The minimum atomic E-state index is -1.04. The summed E-state index contributed by atoms with van der Waals surface area (Å²) < 4.78 is 1.71. The Morgan fingerprint density at radius 2 is 2.27 bits per heavy atom. The van der Waals surface area contributed by atoms with Crippen LogP contribution in [-0.2, 0) is 7.05 Å². The molecule has 2 aromatic rings. The van der Waals surface area contributed by atoms with Crippen molar-refractivity contribution in [3.05, 3.63) is 35.0 Å². The summed E-state index contributed by atoms with van der Waals surface area (Å²) in [6, 6.07) is 8.21. The van der Waals surface area contributed by atoms with Crippen LogP contribution in [0.5, 0.6) is 0 Å². The summed E-state index contributed by atoms with van der Waals surface area (Å²) in [6.45, 7) is 0. The third-order valence-electron chi connectivity index (χ3n) is 2.29. The summed E-state index contributed by atoms with van der Waals surface area (Å²) in [5.74, 6) is 0.383. The van der Waals surface area contributed by atoms with Gasteiger partial charge in [0.15, 0.2) is 5.82 Å². The molecule has 0 aliphatic heterocycles. The maximum Gasteiger partial charge on any atom is 0.235 e. The van der Waals surface area contributed by atoms with Gasteiger partial charge in [0.05, 0.1) is 11.0 Å². The van der Waals surface area contributed by atoms with Crippen LogP contribution >= 0.6 is 0 Å². The molecule has 0 bridgehead atoms. The highest BCUT2D eigenvalue weighted by Gasteiger charge is 2.18. The largest absolute Gasteiger partial charge is 0.328 e. The van der Waals surface area contributed by atoms with Gasteiger partial charge in [0.1, 0.15) is 6.07 Å². The molecular weight excluding hydrogens is 192 g/mol. The minimum Gasteiger partial charge on any atom is -0.328 e. The smallest absolute Gasteiger partial charge is 0.235 e. The van der Waals surface area contributed by atoms with Crippen LogP contribution in [0.4, 0.5) is 0 Å². The van der Waals surface area contributed by atoms with Gasteiger partial charge >= 0.3 is 0 Å². The summed E-state index contributed by atoms with van der Waals surface area (Å²) in [5, 5.41) is 11.5. The Kier molecular flexibility index (Phi) is 2.18. The number of imidazole rings is 1. The molecule has 2 rings (SSSR count). The lowest BCUT2D eigenvalue weighted by Crippen LogP contribution is -2.01. The van der Waals surface area contributed by atoms with Crippen molar-refractivity contribution >= 4 is 11.0 Å². The normalized spacial score (nSPS) is 12.3. The number of hydrogen-bond donors (Lipinski definition) is 0. The van der Waals surface area contributed by atoms with Crippen molar-refractivity contribution in [1.82, 2.24) is 9.55 Å². The van der Waals surface area contributed by atoms with E-state index in [1.54, 1.807) is 11.6 Å². The molecule has 0 N–H and O–H groups in total. The summed E-state index contributed by atoms with van der Waals surface area (Å²) in [5.41, 5.74) is 1.65. The first-order valence-corrected chi connectivity index (χ1v) is 4.41. The highest BCUT2D eigenvalue weighted by Crippen LogP contribution is 2.20. The maximum absolute atomic E-state index is 10.4. The molecule has 1 aromatic carbocycles. The zero-order chi connectivity index (χ0) is 10.8. The van der Waals surface area contributed by atoms with Crippen molar-refractivity contribution in [2.75, 3.05) is 0 Å². The monoisotopic (exact) mass is 200 g/mol. The third kappa shape index (κ3) is 1.36. The molecule has 5 nitrogen and oxygen atoms in total. The second-order valence-corrected chi connectivity index (χ2v) is 3.15. The molecule has 15 heavy (non-hydrogen) atoms. The van der Waals surface area contributed by atoms with Gasteiger partial charge in [-0.15, -0.1) is 4.91 Å². The van der Waals surface area contributed by atoms with Crippen LogP contribution in [0.1, 0.15) is 11.9 Å². The molecule has 74 valence electrons. The van der Waals surface area contributed by atoms with Crippen LogP contribution in [0, 0.1) is 16.2 Å². The topological polar surface area (TPSA) is 71.0 Å². The van der Waals surface area contributed by atoms with Gasteiger partial charge in [0, 0.05) is 7.05 Å². The van der Waals surface area contributed by atoms with Crippen molar-refractivity contribution in [3.63, 3.8) is 0 Å². The predicted octanol–water partition coefficient (Wildman–Crippen LogP) is 1.90. The molecular formula is C10H8N4O. The van der Waals surface area contributed by atoms with Crippen LogP contribution in [0.25, 0.3) is 11.0 Å². The number of aryl methyl sites for hydroxylation is 1. The first-order valence-electron chi connectivity index (χ1n) is 4.41. The third-order valence-corrected chi connectivity index (χ3v) is 2.29. The Morgan fingerprint density at radius 3 is 2.87 bits per heavy atom. The lowest BCUT2D eigenvalue weighted by Gasteiger charge is -2.00. The van der Waals surface area contributed by atoms with E-state index >= 15 is 0 Å². The van der Waals surface area contributed by atoms with Crippen molar-refractivity contribution < 1.29 is 0 Å². The number of fused-ring (bicyclic) bond motifs is 1. The zero-order valence-electron chi connectivity index (χ0n) is 8.08. The molecule has 0 spiro atoms. The predicted molar refractivity (Wildman–Crippen MR) is 54.9 cm³/mol. The Morgan fingerprint density at radius 1 is 1.53 bits per heavy atom. The van der Waals surface area contributed by atoms with Crippen LogP contribution < -0.4 is 0 Å². The van der Waals surface area contributed by atoms with Crippen molar-refractivity contribution in [2.24, 2.45) is 12.2 Å². The SMILES string of the molecule is Cn1c(C(C#N)N=O)nc2ccccc21. The van der Waals surface area contributed by atoms with Crippen LogP contribution in [0.2, 0.25) is 0 Å². The molecule has 0 aliphatic rings. The molecule has 0 saturated heterocycles.